The Hall–Kier alpha value is -1.65. The third kappa shape index (κ3) is 3.93. The summed E-state index contributed by atoms with van der Waals surface area (Å²) in [6.45, 7) is 2.69. The molecule has 2 aromatic rings. The smallest absolute Gasteiger partial charge is 0.137 e. The van der Waals surface area contributed by atoms with Crippen molar-refractivity contribution in [2.45, 2.75) is 19.4 Å². The Bertz CT molecular complexity index is 607. The van der Waals surface area contributed by atoms with Gasteiger partial charge in [0.15, 0.2) is 0 Å². The highest BCUT2D eigenvalue weighted by molar-refractivity contribution is 6.31. The molecular formula is C16H18ClFN2O. The van der Waals surface area contributed by atoms with Gasteiger partial charge in [-0.2, -0.15) is 0 Å². The second-order valence-corrected chi connectivity index (χ2v) is 5.10. The van der Waals surface area contributed by atoms with E-state index in [1.54, 1.807) is 18.5 Å². The topological polar surface area (TPSA) is 34.1 Å². The number of nitrogens with one attached hydrogen (secondary N) is 1. The quantitative estimate of drug-likeness (QED) is 0.876. The molecule has 0 spiro atoms. The van der Waals surface area contributed by atoms with E-state index in [-0.39, 0.29) is 11.9 Å². The molecule has 112 valence electrons. The molecule has 0 saturated carbocycles. The first-order valence-electron chi connectivity index (χ1n) is 6.85. The van der Waals surface area contributed by atoms with Crippen LogP contribution in [0.3, 0.4) is 0 Å². The predicted molar refractivity (Wildman–Crippen MR) is 82.3 cm³/mol. The number of hydrogen-bond donors (Lipinski definition) is 1. The highest BCUT2D eigenvalue weighted by Crippen LogP contribution is 2.29. The number of halogens is 2. The maximum atomic E-state index is 13.2. The van der Waals surface area contributed by atoms with Gasteiger partial charge in [0.25, 0.3) is 0 Å². The number of nitrogens with zero attached hydrogens (tertiary/aromatic N) is 1. The molecule has 1 N–H and O–H groups in total. The van der Waals surface area contributed by atoms with Gasteiger partial charge in [-0.25, -0.2) is 4.39 Å². The lowest BCUT2D eigenvalue weighted by Gasteiger charge is -2.19. The first-order chi connectivity index (χ1) is 10.2. The summed E-state index contributed by atoms with van der Waals surface area (Å²) >= 11 is 6.14. The van der Waals surface area contributed by atoms with Crippen molar-refractivity contribution in [3.8, 4) is 5.75 Å². The highest BCUT2D eigenvalue weighted by Gasteiger charge is 2.16. The van der Waals surface area contributed by atoms with E-state index in [2.05, 4.69) is 10.3 Å². The summed E-state index contributed by atoms with van der Waals surface area (Å²) in [4.78, 5) is 4.20. The van der Waals surface area contributed by atoms with Crippen molar-refractivity contribution >= 4 is 11.6 Å². The van der Waals surface area contributed by atoms with Crippen molar-refractivity contribution in [3.63, 3.8) is 0 Å². The van der Waals surface area contributed by atoms with Crippen LogP contribution in [0.2, 0.25) is 5.02 Å². The minimum Gasteiger partial charge on any atom is -0.492 e. The van der Waals surface area contributed by atoms with Crippen molar-refractivity contribution in [3.05, 3.63) is 58.6 Å². The Morgan fingerprint density at radius 1 is 1.33 bits per heavy atom. The molecule has 0 aliphatic carbocycles. The lowest BCUT2D eigenvalue weighted by molar-refractivity contribution is 0.315. The van der Waals surface area contributed by atoms with Crippen LogP contribution < -0.4 is 10.1 Å². The van der Waals surface area contributed by atoms with Crippen LogP contribution in [0.15, 0.2) is 36.7 Å². The molecule has 0 saturated heterocycles. The molecule has 2 rings (SSSR count). The Balaban J connectivity index is 2.32. The van der Waals surface area contributed by atoms with E-state index < -0.39 is 0 Å². The lowest BCUT2D eigenvalue weighted by Crippen LogP contribution is -2.18. The maximum Gasteiger partial charge on any atom is 0.137 e. The predicted octanol–water partition coefficient (Wildman–Crippen LogP) is 3.97. The van der Waals surface area contributed by atoms with E-state index in [0.29, 0.717) is 17.4 Å². The zero-order valence-electron chi connectivity index (χ0n) is 12.1. The van der Waals surface area contributed by atoms with Crippen molar-refractivity contribution in [1.29, 1.82) is 0 Å². The summed E-state index contributed by atoms with van der Waals surface area (Å²) < 4.78 is 18.8. The van der Waals surface area contributed by atoms with Crippen LogP contribution >= 0.6 is 11.6 Å². The van der Waals surface area contributed by atoms with Gasteiger partial charge in [-0.3, -0.25) is 4.98 Å². The van der Waals surface area contributed by atoms with Crippen LogP contribution in [0, 0.1) is 5.82 Å². The summed E-state index contributed by atoms with van der Waals surface area (Å²) in [5, 5.41) is 3.56. The largest absolute Gasteiger partial charge is 0.492 e. The van der Waals surface area contributed by atoms with Crippen LogP contribution in [-0.4, -0.2) is 18.6 Å². The first-order valence-corrected chi connectivity index (χ1v) is 7.23. The van der Waals surface area contributed by atoms with Gasteiger partial charge in [0.05, 0.1) is 18.8 Å². The van der Waals surface area contributed by atoms with Crippen LogP contribution in [0.4, 0.5) is 4.39 Å². The van der Waals surface area contributed by atoms with E-state index >= 15 is 0 Å². The average Bonchev–Trinajstić information content (AvgIpc) is 2.48. The molecule has 1 aromatic carbocycles. The highest BCUT2D eigenvalue weighted by atomic mass is 35.5. The fourth-order valence-corrected chi connectivity index (χ4v) is 2.41. The molecule has 5 heteroatoms. The van der Waals surface area contributed by atoms with Crippen LogP contribution in [0.1, 0.15) is 30.5 Å². The van der Waals surface area contributed by atoms with Gasteiger partial charge in [0.2, 0.25) is 0 Å². The Morgan fingerprint density at radius 2 is 2.14 bits per heavy atom. The van der Waals surface area contributed by atoms with Crippen LogP contribution in [0.25, 0.3) is 0 Å². The average molecular weight is 309 g/mol. The number of pyridine rings is 1. The van der Waals surface area contributed by atoms with Gasteiger partial charge < -0.3 is 10.1 Å². The number of hydrogen-bond acceptors (Lipinski definition) is 3. The summed E-state index contributed by atoms with van der Waals surface area (Å²) in [6, 6.07) is 6.14. The van der Waals surface area contributed by atoms with E-state index in [4.69, 9.17) is 16.3 Å². The zero-order chi connectivity index (χ0) is 15.2. The molecule has 21 heavy (non-hydrogen) atoms. The van der Waals surface area contributed by atoms with Gasteiger partial charge in [-0.1, -0.05) is 24.6 Å². The summed E-state index contributed by atoms with van der Waals surface area (Å²) in [7, 11) is 1.82. The van der Waals surface area contributed by atoms with Crippen molar-refractivity contribution < 1.29 is 9.13 Å². The first kappa shape index (κ1) is 15.7. The molecule has 3 nitrogen and oxygen atoms in total. The van der Waals surface area contributed by atoms with Gasteiger partial charge in [0, 0.05) is 11.2 Å². The van der Waals surface area contributed by atoms with Crippen molar-refractivity contribution in [2.24, 2.45) is 0 Å². The molecule has 0 fully saturated rings. The van der Waals surface area contributed by atoms with E-state index in [9.17, 15) is 4.39 Å². The molecule has 1 unspecified atom stereocenters. The summed E-state index contributed by atoms with van der Waals surface area (Å²) in [5.41, 5.74) is 1.72. The van der Waals surface area contributed by atoms with Crippen molar-refractivity contribution in [2.75, 3.05) is 13.7 Å². The molecule has 0 amide bonds. The maximum absolute atomic E-state index is 13.2. The monoisotopic (exact) mass is 308 g/mol. The number of benzene rings is 1. The summed E-state index contributed by atoms with van der Waals surface area (Å²) in [6.07, 6.45) is 4.36. The SMILES string of the molecule is CCCOc1cncc(C(NC)c2ccc(F)cc2Cl)c1. The molecule has 1 atom stereocenters. The zero-order valence-corrected chi connectivity index (χ0v) is 12.8. The number of rotatable bonds is 6. The second kappa shape index (κ2) is 7.38. The Labute approximate surface area is 129 Å². The minimum absolute atomic E-state index is 0.171. The molecule has 0 radical (unpaired) electrons. The minimum atomic E-state index is -0.350. The van der Waals surface area contributed by atoms with Crippen molar-refractivity contribution in [1.82, 2.24) is 10.3 Å². The second-order valence-electron chi connectivity index (χ2n) is 4.69. The standard InChI is InChI=1S/C16H18ClFN2O/c1-3-6-21-13-7-11(9-20-10-13)16(19-2)14-5-4-12(18)8-15(14)17/h4-5,7-10,16,19H,3,6H2,1-2H3. The Kier molecular flexibility index (Phi) is 5.53. The molecule has 0 aliphatic rings. The third-order valence-corrected chi connectivity index (χ3v) is 3.43. The Morgan fingerprint density at radius 3 is 2.81 bits per heavy atom. The normalized spacial score (nSPS) is 12.2. The molecule has 1 aromatic heterocycles. The lowest BCUT2D eigenvalue weighted by atomic mass is 10.00. The number of aromatic nitrogens is 1. The molecule has 1 heterocycles. The van der Waals surface area contributed by atoms with Gasteiger partial charge in [0.1, 0.15) is 11.6 Å². The summed E-state index contributed by atoms with van der Waals surface area (Å²) in [5.74, 6) is 0.365. The fourth-order valence-electron chi connectivity index (χ4n) is 2.13. The van der Waals surface area contributed by atoms with Crippen LogP contribution in [-0.2, 0) is 0 Å². The van der Waals surface area contributed by atoms with Gasteiger partial charge >= 0.3 is 0 Å². The van der Waals surface area contributed by atoms with E-state index in [0.717, 1.165) is 17.5 Å². The fraction of sp³-hybridized carbons (Fsp3) is 0.312. The van der Waals surface area contributed by atoms with Gasteiger partial charge in [-0.15, -0.1) is 0 Å². The third-order valence-electron chi connectivity index (χ3n) is 3.10. The number of ether oxygens (including phenoxy) is 1. The molecule has 0 bridgehead atoms. The van der Waals surface area contributed by atoms with E-state index in [1.165, 1.54) is 12.1 Å². The van der Waals surface area contributed by atoms with Crippen LogP contribution in [0.5, 0.6) is 5.75 Å². The molecule has 0 aliphatic heterocycles. The van der Waals surface area contributed by atoms with Gasteiger partial charge in [-0.05, 0) is 42.8 Å². The molecular weight excluding hydrogens is 291 g/mol. The van der Waals surface area contributed by atoms with E-state index in [1.807, 2.05) is 20.0 Å².